The van der Waals surface area contributed by atoms with Gasteiger partial charge in [0.2, 0.25) is 0 Å². The lowest BCUT2D eigenvalue weighted by Gasteiger charge is -2.21. The van der Waals surface area contributed by atoms with Crippen LogP contribution >= 0.6 is 11.3 Å². The number of nitrogens with one attached hydrogen (secondary N) is 1. The Kier molecular flexibility index (Phi) is 5.83. The number of thiophene rings is 1. The largest absolute Gasteiger partial charge is 0.467 e. The van der Waals surface area contributed by atoms with Crippen LogP contribution in [0, 0.1) is 23.0 Å². The molecule has 1 N–H and O–H groups in total. The van der Waals surface area contributed by atoms with Gasteiger partial charge >= 0.3 is 5.97 Å². The molecule has 0 aliphatic carbocycles. The molecule has 0 aliphatic heterocycles. The Morgan fingerprint density at radius 1 is 1.52 bits per heavy atom. The van der Waals surface area contributed by atoms with Crippen molar-refractivity contribution in [3.8, 4) is 0 Å². The fourth-order valence-corrected chi connectivity index (χ4v) is 2.66. The Morgan fingerprint density at radius 3 is 2.57 bits per heavy atom. The van der Waals surface area contributed by atoms with E-state index < -0.39 is 22.8 Å². The van der Waals surface area contributed by atoms with E-state index in [2.05, 4.69) is 10.1 Å². The van der Waals surface area contributed by atoms with Gasteiger partial charge in [0, 0.05) is 6.07 Å². The van der Waals surface area contributed by atoms with Gasteiger partial charge in [-0.05, 0) is 12.8 Å². The molecule has 1 heterocycles. The molecule has 1 aromatic heterocycles. The van der Waals surface area contributed by atoms with Gasteiger partial charge in [-0.3, -0.25) is 14.9 Å². The minimum Gasteiger partial charge on any atom is -0.467 e. The number of amides is 1. The highest BCUT2D eigenvalue weighted by molar-refractivity contribution is 7.14. The molecular weight excluding hydrogens is 296 g/mol. The van der Waals surface area contributed by atoms with Crippen molar-refractivity contribution >= 4 is 28.9 Å². The first-order valence-corrected chi connectivity index (χ1v) is 7.26. The molecule has 0 saturated heterocycles. The number of carbonyl (C=O) groups is 2. The number of ether oxygens (including phenoxy) is 1. The minimum absolute atomic E-state index is 0.0942. The first kappa shape index (κ1) is 17.1. The molecule has 1 amide bonds. The van der Waals surface area contributed by atoms with Crippen LogP contribution in [0.1, 0.15) is 34.8 Å². The molecule has 21 heavy (non-hydrogen) atoms. The lowest BCUT2D eigenvalue weighted by atomic mass is 9.99. The van der Waals surface area contributed by atoms with E-state index in [0.717, 1.165) is 11.3 Å². The minimum atomic E-state index is -0.769. The molecule has 0 bridgehead atoms. The third-order valence-corrected chi connectivity index (χ3v) is 4.31. The molecule has 0 fully saturated rings. The van der Waals surface area contributed by atoms with E-state index in [-0.39, 0.29) is 16.5 Å². The number of hydrogen-bond donors (Lipinski definition) is 1. The Labute approximate surface area is 126 Å². The molecule has 7 nitrogen and oxygen atoms in total. The van der Waals surface area contributed by atoms with Gasteiger partial charge in [-0.1, -0.05) is 20.3 Å². The number of carbonyl (C=O) groups excluding carboxylic acids is 2. The van der Waals surface area contributed by atoms with E-state index in [9.17, 15) is 19.7 Å². The first-order valence-electron chi connectivity index (χ1n) is 6.45. The van der Waals surface area contributed by atoms with E-state index in [1.807, 2.05) is 13.8 Å². The molecular formula is C13H18N2O5S. The maximum absolute atomic E-state index is 12.2. The van der Waals surface area contributed by atoms with Crippen molar-refractivity contribution in [1.29, 1.82) is 0 Å². The topological polar surface area (TPSA) is 98.5 Å². The molecule has 0 aromatic carbocycles. The molecule has 0 unspecified atom stereocenters. The van der Waals surface area contributed by atoms with Crippen LogP contribution in [-0.2, 0) is 9.53 Å². The zero-order valence-electron chi connectivity index (χ0n) is 12.3. The summed E-state index contributed by atoms with van der Waals surface area (Å²) < 4.78 is 4.68. The van der Waals surface area contributed by atoms with Gasteiger partial charge in [0.05, 0.1) is 21.8 Å². The monoisotopic (exact) mass is 314 g/mol. The second-order valence-corrected chi connectivity index (χ2v) is 5.93. The number of esters is 1. The lowest BCUT2D eigenvalue weighted by Crippen LogP contribution is -2.45. The summed E-state index contributed by atoms with van der Waals surface area (Å²) >= 11 is 1.03. The van der Waals surface area contributed by atoms with Crippen molar-refractivity contribution in [2.24, 2.45) is 5.92 Å². The first-order chi connectivity index (χ1) is 9.81. The fourth-order valence-electron chi connectivity index (χ4n) is 1.77. The summed E-state index contributed by atoms with van der Waals surface area (Å²) in [4.78, 5) is 34.8. The van der Waals surface area contributed by atoms with E-state index in [1.54, 1.807) is 6.92 Å². The number of nitrogens with zero attached hydrogens (tertiary/aromatic N) is 1. The van der Waals surface area contributed by atoms with Gasteiger partial charge in [-0.25, -0.2) is 4.79 Å². The van der Waals surface area contributed by atoms with Crippen molar-refractivity contribution in [3.05, 3.63) is 25.9 Å². The molecule has 0 spiro atoms. The second kappa shape index (κ2) is 7.16. The highest BCUT2D eigenvalue weighted by Crippen LogP contribution is 2.28. The third-order valence-electron chi connectivity index (χ3n) is 3.27. The van der Waals surface area contributed by atoms with Crippen LogP contribution < -0.4 is 5.32 Å². The van der Waals surface area contributed by atoms with Crippen LogP contribution in [0.4, 0.5) is 5.69 Å². The number of aryl methyl sites for hydroxylation is 1. The maximum atomic E-state index is 12.2. The van der Waals surface area contributed by atoms with E-state index >= 15 is 0 Å². The van der Waals surface area contributed by atoms with Crippen molar-refractivity contribution in [1.82, 2.24) is 5.32 Å². The summed E-state index contributed by atoms with van der Waals surface area (Å²) in [7, 11) is 1.25. The second-order valence-electron chi connectivity index (χ2n) is 4.67. The van der Waals surface area contributed by atoms with Crippen LogP contribution in [0.25, 0.3) is 0 Å². The molecule has 0 radical (unpaired) electrons. The van der Waals surface area contributed by atoms with Gasteiger partial charge in [0.15, 0.2) is 0 Å². The Hall–Kier alpha value is -1.96. The van der Waals surface area contributed by atoms with Gasteiger partial charge in [-0.15, -0.1) is 11.3 Å². The average Bonchev–Trinajstić information content (AvgIpc) is 2.85. The quantitative estimate of drug-likeness (QED) is 0.493. The van der Waals surface area contributed by atoms with Crippen molar-refractivity contribution < 1.29 is 19.2 Å². The predicted molar refractivity (Wildman–Crippen MR) is 78.4 cm³/mol. The summed E-state index contributed by atoms with van der Waals surface area (Å²) in [5.41, 5.74) is -0.0942. The van der Waals surface area contributed by atoms with E-state index in [1.165, 1.54) is 13.2 Å². The molecule has 0 aliphatic rings. The molecule has 1 aromatic rings. The SMILES string of the molecule is CC[C@H](C)[C@@H](NC(=O)c1cc([N+](=O)[O-])c(C)s1)C(=O)OC. The summed E-state index contributed by atoms with van der Waals surface area (Å²) in [6, 6.07) is 0.453. The number of methoxy groups -OCH3 is 1. The number of nitro groups is 1. The van der Waals surface area contributed by atoms with Gasteiger partial charge in [0.25, 0.3) is 11.6 Å². The molecule has 0 saturated carbocycles. The summed E-state index contributed by atoms with van der Waals surface area (Å²) in [6.45, 7) is 5.29. The lowest BCUT2D eigenvalue weighted by molar-refractivity contribution is -0.385. The third kappa shape index (κ3) is 4.01. The van der Waals surface area contributed by atoms with E-state index in [4.69, 9.17) is 0 Å². The smallest absolute Gasteiger partial charge is 0.328 e. The standard InChI is InChI=1S/C13H18N2O5S/c1-5-7(2)11(13(17)20-4)14-12(16)10-6-9(15(18)19)8(3)21-10/h6-7,11H,5H2,1-4H3,(H,14,16)/t7-,11+/m0/s1. The van der Waals surface area contributed by atoms with Gasteiger partial charge in [0.1, 0.15) is 6.04 Å². The highest BCUT2D eigenvalue weighted by Gasteiger charge is 2.28. The van der Waals surface area contributed by atoms with E-state index in [0.29, 0.717) is 11.3 Å². The Bertz CT molecular complexity index is 555. The van der Waals surface area contributed by atoms with Crippen LogP contribution in [-0.4, -0.2) is 30.0 Å². The zero-order valence-corrected chi connectivity index (χ0v) is 13.2. The summed E-state index contributed by atoms with van der Waals surface area (Å²) in [6.07, 6.45) is 0.684. The molecule has 1 rings (SSSR count). The van der Waals surface area contributed by atoms with Crippen molar-refractivity contribution in [3.63, 3.8) is 0 Å². The highest BCUT2D eigenvalue weighted by atomic mass is 32.1. The number of rotatable bonds is 6. The fraction of sp³-hybridized carbons (Fsp3) is 0.538. The molecule has 2 atom stereocenters. The van der Waals surface area contributed by atoms with Gasteiger partial charge in [-0.2, -0.15) is 0 Å². The average molecular weight is 314 g/mol. The van der Waals surface area contributed by atoms with Crippen LogP contribution in [0.5, 0.6) is 0 Å². The van der Waals surface area contributed by atoms with Crippen LogP contribution in [0.2, 0.25) is 0 Å². The summed E-state index contributed by atoms with van der Waals surface area (Å²) in [5, 5.41) is 13.4. The summed E-state index contributed by atoms with van der Waals surface area (Å²) in [5.74, 6) is -1.13. The molecule has 8 heteroatoms. The maximum Gasteiger partial charge on any atom is 0.328 e. The zero-order chi connectivity index (χ0) is 16.2. The molecule has 116 valence electrons. The normalized spacial score (nSPS) is 13.3. The Balaban J connectivity index is 2.94. The van der Waals surface area contributed by atoms with Gasteiger partial charge < -0.3 is 10.1 Å². The Morgan fingerprint density at radius 2 is 2.14 bits per heavy atom. The van der Waals surface area contributed by atoms with Crippen LogP contribution in [0.15, 0.2) is 6.07 Å². The predicted octanol–water partition coefficient (Wildman–Crippen LogP) is 2.28. The van der Waals surface area contributed by atoms with Crippen molar-refractivity contribution in [2.75, 3.05) is 7.11 Å². The van der Waals surface area contributed by atoms with Crippen molar-refractivity contribution in [2.45, 2.75) is 33.2 Å². The van der Waals surface area contributed by atoms with Crippen LogP contribution in [0.3, 0.4) is 0 Å². The number of hydrogen-bond acceptors (Lipinski definition) is 6.